The maximum absolute atomic E-state index is 10.9. The van der Waals surface area contributed by atoms with Crippen LogP contribution in [0.3, 0.4) is 0 Å². The third-order valence-corrected chi connectivity index (χ3v) is 2.31. The number of hydrogen-bond acceptors (Lipinski definition) is 4. The molecular formula is C12H12N2O2. The molecule has 0 aliphatic rings. The molecule has 0 aromatic carbocycles. The Morgan fingerprint density at radius 3 is 2.88 bits per heavy atom. The lowest BCUT2D eigenvalue weighted by Crippen LogP contribution is -1.94. The van der Waals surface area contributed by atoms with Gasteiger partial charge in [-0.2, -0.15) is 0 Å². The van der Waals surface area contributed by atoms with Gasteiger partial charge in [0.1, 0.15) is 11.5 Å². The average Bonchev–Trinajstić information content (AvgIpc) is 2.77. The van der Waals surface area contributed by atoms with E-state index in [1.165, 1.54) is 0 Å². The van der Waals surface area contributed by atoms with Crippen LogP contribution in [0.2, 0.25) is 0 Å². The van der Waals surface area contributed by atoms with E-state index in [0.717, 1.165) is 24.2 Å². The highest BCUT2D eigenvalue weighted by Gasteiger charge is 2.11. The fourth-order valence-electron chi connectivity index (χ4n) is 1.44. The zero-order valence-corrected chi connectivity index (χ0v) is 9.23. The maximum atomic E-state index is 10.9. The quantitative estimate of drug-likeness (QED) is 0.739. The van der Waals surface area contributed by atoms with Crippen LogP contribution in [0, 0.1) is 6.92 Å². The molecule has 0 atom stereocenters. The number of aldehydes is 1. The first-order chi connectivity index (χ1) is 7.74. The van der Waals surface area contributed by atoms with E-state index in [9.17, 15) is 4.79 Å². The van der Waals surface area contributed by atoms with Gasteiger partial charge in [0.2, 0.25) is 5.89 Å². The molecule has 0 unspecified atom stereocenters. The number of aryl methyl sites for hydroxylation is 2. The molecule has 2 aromatic heterocycles. The Kier molecular flexibility index (Phi) is 2.81. The van der Waals surface area contributed by atoms with E-state index in [4.69, 9.17) is 4.42 Å². The molecule has 0 bridgehead atoms. The summed E-state index contributed by atoms with van der Waals surface area (Å²) in [6.07, 6.45) is 3.17. The molecule has 0 aliphatic carbocycles. The summed E-state index contributed by atoms with van der Waals surface area (Å²) in [5.41, 5.74) is 1.80. The molecule has 0 N–H and O–H groups in total. The summed E-state index contributed by atoms with van der Waals surface area (Å²) in [7, 11) is 0. The van der Waals surface area contributed by atoms with Gasteiger partial charge in [0.15, 0.2) is 6.29 Å². The van der Waals surface area contributed by atoms with Crippen molar-refractivity contribution in [3.63, 3.8) is 0 Å². The first-order valence-electron chi connectivity index (χ1n) is 5.12. The summed E-state index contributed by atoms with van der Waals surface area (Å²) in [4.78, 5) is 19.2. The van der Waals surface area contributed by atoms with Gasteiger partial charge in [-0.25, -0.2) is 9.97 Å². The van der Waals surface area contributed by atoms with Crippen molar-refractivity contribution in [3.8, 4) is 11.5 Å². The molecule has 2 rings (SSSR count). The third-order valence-electron chi connectivity index (χ3n) is 2.31. The van der Waals surface area contributed by atoms with Gasteiger partial charge in [0.05, 0.1) is 11.8 Å². The van der Waals surface area contributed by atoms with Gasteiger partial charge in [-0.05, 0) is 19.1 Å². The molecule has 2 heterocycles. The fraction of sp³-hybridized carbons (Fsp3) is 0.250. The lowest BCUT2D eigenvalue weighted by Gasteiger charge is -2.00. The highest BCUT2D eigenvalue weighted by molar-refractivity contribution is 5.82. The summed E-state index contributed by atoms with van der Waals surface area (Å²) in [5, 5.41) is 0. The number of carbonyl (C=O) groups is 1. The Labute approximate surface area is 93.3 Å². The first-order valence-corrected chi connectivity index (χ1v) is 5.12. The molecule has 0 fully saturated rings. The molecule has 0 aliphatic heterocycles. The van der Waals surface area contributed by atoms with Gasteiger partial charge >= 0.3 is 0 Å². The molecule has 0 radical (unpaired) electrons. The highest BCUT2D eigenvalue weighted by atomic mass is 16.4. The van der Waals surface area contributed by atoms with E-state index in [2.05, 4.69) is 9.97 Å². The smallest absolute Gasteiger partial charge is 0.228 e. The number of aromatic nitrogens is 2. The van der Waals surface area contributed by atoms with Crippen LogP contribution in [0.1, 0.15) is 28.9 Å². The Morgan fingerprint density at radius 2 is 2.25 bits per heavy atom. The van der Waals surface area contributed by atoms with E-state index < -0.39 is 0 Å². The Bertz CT molecular complexity index is 517. The first kappa shape index (κ1) is 10.5. The molecule has 4 heteroatoms. The summed E-state index contributed by atoms with van der Waals surface area (Å²) in [5.74, 6) is 1.25. The fourth-order valence-corrected chi connectivity index (χ4v) is 1.44. The number of oxazole rings is 1. The standard InChI is InChI=1S/C12H12N2O2/c1-3-9-6-13-12(16-9)10-5-4-8(2)14-11(10)7-15/h4-7H,3H2,1-2H3. The maximum Gasteiger partial charge on any atom is 0.228 e. The minimum atomic E-state index is 0.365. The molecule has 0 amide bonds. The van der Waals surface area contributed by atoms with Crippen molar-refractivity contribution >= 4 is 6.29 Å². The molecule has 0 saturated heterocycles. The highest BCUT2D eigenvalue weighted by Crippen LogP contribution is 2.21. The van der Waals surface area contributed by atoms with E-state index in [-0.39, 0.29) is 0 Å². The van der Waals surface area contributed by atoms with Crippen LogP contribution in [0.15, 0.2) is 22.7 Å². The number of hydrogen-bond donors (Lipinski definition) is 0. The van der Waals surface area contributed by atoms with Crippen molar-refractivity contribution in [1.82, 2.24) is 9.97 Å². The van der Waals surface area contributed by atoms with Gasteiger partial charge in [-0.15, -0.1) is 0 Å². The van der Waals surface area contributed by atoms with Gasteiger partial charge < -0.3 is 4.42 Å². The summed E-state index contributed by atoms with van der Waals surface area (Å²) < 4.78 is 5.49. The predicted octanol–water partition coefficient (Wildman–Crippen LogP) is 2.42. The summed E-state index contributed by atoms with van der Waals surface area (Å²) in [6, 6.07) is 3.63. The molecule has 4 nitrogen and oxygen atoms in total. The van der Waals surface area contributed by atoms with Crippen molar-refractivity contribution in [2.75, 3.05) is 0 Å². The van der Waals surface area contributed by atoms with Crippen LogP contribution in [0.5, 0.6) is 0 Å². The Hall–Kier alpha value is -1.97. The second kappa shape index (κ2) is 4.26. The van der Waals surface area contributed by atoms with Crippen molar-refractivity contribution < 1.29 is 9.21 Å². The second-order valence-electron chi connectivity index (χ2n) is 3.49. The monoisotopic (exact) mass is 216 g/mol. The number of nitrogens with zero attached hydrogens (tertiary/aromatic N) is 2. The summed E-state index contributed by atoms with van der Waals surface area (Å²) in [6.45, 7) is 3.82. The lowest BCUT2D eigenvalue weighted by molar-refractivity contribution is 0.111. The number of carbonyl (C=O) groups excluding carboxylic acids is 1. The van der Waals surface area contributed by atoms with Crippen LogP contribution in [-0.4, -0.2) is 16.3 Å². The average molecular weight is 216 g/mol. The Morgan fingerprint density at radius 1 is 1.44 bits per heavy atom. The third kappa shape index (κ3) is 1.86. The van der Waals surface area contributed by atoms with E-state index in [1.54, 1.807) is 12.3 Å². The van der Waals surface area contributed by atoms with Crippen LogP contribution < -0.4 is 0 Å². The van der Waals surface area contributed by atoms with E-state index in [1.807, 2.05) is 19.9 Å². The van der Waals surface area contributed by atoms with Crippen molar-refractivity contribution in [2.24, 2.45) is 0 Å². The molecular weight excluding hydrogens is 204 g/mol. The summed E-state index contributed by atoms with van der Waals surface area (Å²) >= 11 is 0. The van der Waals surface area contributed by atoms with Crippen LogP contribution in [0.4, 0.5) is 0 Å². The van der Waals surface area contributed by atoms with Crippen molar-refractivity contribution in [1.29, 1.82) is 0 Å². The number of rotatable bonds is 3. The van der Waals surface area contributed by atoms with Gasteiger partial charge in [0.25, 0.3) is 0 Å². The van der Waals surface area contributed by atoms with E-state index >= 15 is 0 Å². The topological polar surface area (TPSA) is 56.0 Å². The van der Waals surface area contributed by atoms with Gasteiger partial charge in [-0.3, -0.25) is 4.79 Å². The predicted molar refractivity (Wildman–Crippen MR) is 59.2 cm³/mol. The number of pyridine rings is 1. The van der Waals surface area contributed by atoms with E-state index in [0.29, 0.717) is 17.1 Å². The minimum Gasteiger partial charge on any atom is -0.441 e. The zero-order valence-electron chi connectivity index (χ0n) is 9.23. The van der Waals surface area contributed by atoms with Crippen molar-refractivity contribution in [2.45, 2.75) is 20.3 Å². The minimum absolute atomic E-state index is 0.365. The van der Waals surface area contributed by atoms with Crippen LogP contribution in [-0.2, 0) is 6.42 Å². The molecule has 0 saturated carbocycles. The van der Waals surface area contributed by atoms with Gasteiger partial charge in [-0.1, -0.05) is 6.92 Å². The van der Waals surface area contributed by atoms with Crippen molar-refractivity contribution in [3.05, 3.63) is 35.5 Å². The molecule has 0 spiro atoms. The largest absolute Gasteiger partial charge is 0.441 e. The molecule has 82 valence electrons. The van der Waals surface area contributed by atoms with Gasteiger partial charge in [0, 0.05) is 12.1 Å². The molecule has 16 heavy (non-hydrogen) atoms. The lowest BCUT2D eigenvalue weighted by atomic mass is 10.2. The SMILES string of the molecule is CCc1cnc(-c2ccc(C)nc2C=O)o1. The normalized spacial score (nSPS) is 10.4. The van der Waals surface area contributed by atoms with Crippen LogP contribution in [0.25, 0.3) is 11.5 Å². The zero-order chi connectivity index (χ0) is 11.5. The Balaban J connectivity index is 2.50. The molecule has 2 aromatic rings. The second-order valence-corrected chi connectivity index (χ2v) is 3.49. The van der Waals surface area contributed by atoms with Crippen LogP contribution >= 0.6 is 0 Å².